The minimum Gasteiger partial charge on any atom is -0.409 e. The van der Waals surface area contributed by atoms with Gasteiger partial charge < -0.3 is 16.3 Å². The van der Waals surface area contributed by atoms with Crippen molar-refractivity contribution >= 4 is 5.84 Å². The first-order chi connectivity index (χ1) is 8.29. The quantitative estimate of drug-likeness (QED) is 0.168. The summed E-state index contributed by atoms with van der Waals surface area (Å²) in [5.41, 5.74) is 6.74. The van der Waals surface area contributed by atoms with Crippen LogP contribution in [0.1, 0.15) is 17.9 Å². The third-order valence-corrected chi connectivity index (χ3v) is 2.55. The molecule has 0 saturated heterocycles. The highest BCUT2D eigenvalue weighted by Gasteiger charge is 2.15. The minimum absolute atomic E-state index is 0.106. The molecule has 4 nitrogen and oxygen atoms in total. The van der Waals surface area contributed by atoms with Crippen molar-refractivity contribution < 1.29 is 5.21 Å². The lowest BCUT2D eigenvalue weighted by molar-refractivity contribution is 0.315. The van der Waals surface area contributed by atoms with Crippen LogP contribution in [-0.2, 0) is 0 Å². The lowest BCUT2D eigenvalue weighted by Crippen LogP contribution is -2.32. The molecule has 1 rings (SSSR count). The first-order valence-corrected chi connectivity index (χ1v) is 5.63. The lowest BCUT2D eigenvalue weighted by atomic mass is 9.98. The van der Waals surface area contributed by atoms with Gasteiger partial charge in [-0.15, -0.1) is 6.58 Å². The molecule has 1 unspecified atom stereocenters. The molecule has 0 heterocycles. The normalized spacial score (nSPS) is 13.3. The van der Waals surface area contributed by atoms with Gasteiger partial charge in [-0.05, 0) is 18.5 Å². The van der Waals surface area contributed by atoms with Gasteiger partial charge in [-0.1, -0.05) is 41.6 Å². The number of benzene rings is 1. The number of oxime groups is 1. The van der Waals surface area contributed by atoms with Crippen LogP contribution in [0.2, 0.25) is 0 Å². The standard InChI is InChI=1S/C13H19N3O/c1-2-3-9-15-10-12(13(14)16-17)11-7-5-4-6-8-11/h2,4-8,12,15,17H,1,3,9-10H2,(H2,14,16). The largest absolute Gasteiger partial charge is 0.409 e. The van der Waals surface area contributed by atoms with Crippen LogP contribution in [0.15, 0.2) is 48.1 Å². The van der Waals surface area contributed by atoms with Crippen LogP contribution in [0, 0.1) is 0 Å². The summed E-state index contributed by atoms with van der Waals surface area (Å²) in [6.07, 6.45) is 2.76. The predicted molar refractivity (Wildman–Crippen MR) is 70.3 cm³/mol. The number of amidine groups is 1. The van der Waals surface area contributed by atoms with Gasteiger partial charge in [0.25, 0.3) is 0 Å². The van der Waals surface area contributed by atoms with E-state index in [9.17, 15) is 0 Å². The molecule has 0 bridgehead atoms. The molecule has 0 aliphatic rings. The van der Waals surface area contributed by atoms with Gasteiger partial charge in [0, 0.05) is 6.54 Å². The Kier molecular flexibility index (Phi) is 5.82. The Hall–Kier alpha value is -1.81. The van der Waals surface area contributed by atoms with E-state index in [1.54, 1.807) is 0 Å². The summed E-state index contributed by atoms with van der Waals surface area (Å²) in [4.78, 5) is 0. The highest BCUT2D eigenvalue weighted by Crippen LogP contribution is 2.14. The molecule has 17 heavy (non-hydrogen) atoms. The van der Waals surface area contributed by atoms with E-state index in [-0.39, 0.29) is 11.8 Å². The Morgan fingerprint density at radius 1 is 1.47 bits per heavy atom. The summed E-state index contributed by atoms with van der Waals surface area (Å²) >= 11 is 0. The van der Waals surface area contributed by atoms with Crippen LogP contribution in [0.4, 0.5) is 0 Å². The zero-order valence-corrected chi connectivity index (χ0v) is 9.84. The molecule has 0 aliphatic carbocycles. The van der Waals surface area contributed by atoms with Gasteiger partial charge in [0.2, 0.25) is 0 Å². The third-order valence-electron chi connectivity index (χ3n) is 2.55. The zero-order chi connectivity index (χ0) is 12.5. The fourth-order valence-corrected chi connectivity index (χ4v) is 1.60. The van der Waals surface area contributed by atoms with Crippen LogP contribution in [0.25, 0.3) is 0 Å². The minimum atomic E-state index is -0.106. The van der Waals surface area contributed by atoms with Crippen LogP contribution in [0.3, 0.4) is 0 Å². The van der Waals surface area contributed by atoms with Gasteiger partial charge in [-0.25, -0.2) is 0 Å². The van der Waals surface area contributed by atoms with Crippen molar-refractivity contribution in [3.05, 3.63) is 48.6 Å². The summed E-state index contributed by atoms with van der Waals surface area (Å²) in [7, 11) is 0. The number of nitrogens with one attached hydrogen (secondary N) is 1. The van der Waals surface area contributed by atoms with Crippen molar-refractivity contribution in [2.24, 2.45) is 10.9 Å². The molecule has 0 saturated carbocycles. The van der Waals surface area contributed by atoms with Crippen molar-refractivity contribution in [3.8, 4) is 0 Å². The molecule has 1 aromatic carbocycles. The maximum atomic E-state index is 8.79. The van der Waals surface area contributed by atoms with Gasteiger partial charge in [0.15, 0.2) is 0 Å². The molecule has 0 amide bonds. The molecule has 0 fully saturated rings. The van der Waals surface area contributed by atoms with E-state index >= 15 is 0 Å². The fourth-order valence-electron chi connectivity index (χ4n) is 1.60. The molecule has 92 valence electrons. The maximum Gasteiger partial charge on any atom is 0.147 e. The molecule has 1 aromatic rings. The Morgan fingerprint density at radius 3 is 2.76 bits per heavy atom. The van der Waals surface area contributed by atoms with E-state index in [0.717, 1.165) is 18.5 Å². The Balaban J connectivity index is 2.65. The molecule has 0 spiro atoms. The number of hydrogen-bond acceptors (Lipinski definition) is 3. The van der Waals surface area contributed by atoms with Gasteiger partial charge in [-0.2, -0.15) is 0 Å². The van der Waals surface area contributed by atoms with E-state index in [1.807, 2.05) is 36.4 Å². The molecule has 0 aliphatic heterocycles. The second kappa shape index (κ2) is 7.46. The first kappa shape index (κ1) is 13.3. The number of nitrogens with two attached hydrogens (primary N) is 1. The zero-order valence-electron chi connectivity index (χ0n) is 9.84. The van der Waals surface area contributed by atoms with Gasteiger partial charge in [0.1, 0.15) is 5.84 Å². The SMILES string of the molecule is C=CCCNCC(/C(N)=N\O)c1ccccc1. The van der Waals surface area contributed by atoms with Gasteiger partial charge in [0.05, 0.1) is 5.92 Å². The number of nitrogens with zero attached hydrogens (tertiary/aromatic N) is 1. The van der Waals surface area contributed by atoms with Crippen molar-refractivity contribution in [1.29, 1.82) is 0 Å². The first-order valence-electron chi connectivity index (χ1n) is 5.63. The van der Waals surface area contributed by atoms with E-state index in [1.165, 1.54) is 0 Å². The smallest absolute Gasteiger partial charge is 0.147 e. The molecule has 4 heteroatoms. The van der Waals surface area contributed by atoms with E-state index in [0.29, 0.717) is 6.54 Å². The van der Waals surface area contributed by atoms with Crippen molar-refractivity contribution in [3.63, 3.8) is 0 Å². The van der Waals surface area contributed by atoms with E-state index < -0.39 is 0 Å². The summed E-state index contributed by atoms with van der Waals surface area (Å²) in [6, 6.07) is 9.77. The van der Waals surface area contributed by atoms with Crippen LogP contribution >= 0.6 is 0 Å². The Bertz CT molecular complexity index is 362. The van der Waals surface area contributed by atoms with E-state index in [4.69, 9.17) is 10.9 Å². The predicted octanol–water partition coefficient (Wildman–Crippen LogP) is 1.68. The average molecular weight is 233 g/mol. The van der Waals surface area contributed by atoms with Crippen LogP contribution < -0.4 is 11.1 Å². The van der Waals surface area contributed by atoms with Crippen molar-refractivity contribution in [1.82, 2.24) is 5.32 Å². The van der Waals surface area contributed by atoms with Crippen molar-refractivity contribution in [2.75, 3.05) is 13.1 Å². The van der Waals surface area contributed by atoms with Crippen molar-refractivity contribution in [2.45, 2.75) is 12.3 Å². The highest BCUT2D eigenvalue weighted by atomic mass is 16.4. The summed E-state index contributed by atoms with van der Waals surface area (Å²) < 4.78 is 0. The highest BCUT2D eigenvalue weighted by molar-refractivity contribution is 5.87. The molecule has 0 radical (unpaired) electrons. The molecule has 4 N–H and O–H groups in total. The van der Waals surface area contributed by atoms with Gasteiger partial charge in [-0.3, -0.25) is 0 Å². The van der Waals surface area contributed by atoms with E-state index in [2.05, 4.69) is 17.1 Å². The Labute approximate surface area is 102 Å². The fraction of sp³-hybridized carbons (Fsp3) is 0.308. The number of rotatable bonds is 7. The monoisotopic (exact) mass is 233 g/mol. The molecular formula is C13H19N3O. The topological polar surface area (TPSA) is 70.6 Å². The lowest BCUT2D eigenvalue weighted by Gasteiger charge is -2.16. The average Bonchev–Trinajstić information content (AvgIpc) is 2.39. The third kappa shape index (κ3) is 4.28. The Morgan fingerprint density at radius 2 is 2.18 bits per heavy atom. The summed E-state index contributed by atoms with van der Waals surface area (Å²) in [5, 5.41) is 15.1. The van der Waals surface area contributed by atoms with Crippen LogP contribution in [-0.4, -0.2) is 24.1 Å². The number of hydrogen-bond donors (Lipinski definition) is 3. The molecule has 0 aromatic heterocycles. The van der Waals surface area contributed by atoms with Crippen LogP contribution in [0.5, 0.6) is 0 Å². The molecular weight excluding hydrogens is 214 g/mol. The summed E-state index contributed by atoms with van der Waals surface area (Å²) in [6.45, 7) is 5.14. The second-order valence-electron chi connectivity index (χ2n) is 3.77. The maximum absolute atomic E-state index is 8.79. The van der Waals surface area contributed by atoms with Gasteiger partial charge >= 0.3 is 0 Å². The summed E-state index contributed by atoms with van der Waals surface area (Å²) in [5.74, 6) is 0.119. The molecule has 1 atom stereocenters. The second-order valence-corrected chi connectivity index (χ2v) is 3.77.